The van der Waals surface area contributed by atoms with Crippen molar-refractivity contribution in [1.29, 1.82) is 0 Å². The van der Waals surface area contributed by atoms with Crippen LogP contribution < -0.4 is 4.90 Å². The number of anilines is 1. The van der Waals surface area contributed by atoms with Crippen LogP contribution in [0.1, 0.15) is 19.7 Å². The van der Waals surface area contributed by atoms with Crippen LogP contribution in [0.3, 0.4) is 0 Å². The molecule has 0 unspecified atom stereocenters. The number of aromatic nitrogens is 2. The highest BCUT2D eigenvalue weighted by Gasteiger charge is 2.13. The molecular formula is C13H15ClIN3. The quantitative estimate of drug-likeness (QED) is 0.758. The average molecular weight is 376 g/mol. The van der Waals surface area contributed by atoms with Gasteiger partial charge >= 0.3 is 0 Å². The zero-order valence-electron chi connectivity index (χ0n) is 10.7. The third-order valence-electron chi connectivity index (χ3n) is 2.87. The molecule has 0 radical (unpaired) electrons. The second kappa shape index (κ2) is 5.57. The zero-order valence-corrected chi connectivity index (χ0v) is 13.6. The summed E-state index contributed by atoms with van der Waals surface area (Å²) in [5, 5.41) is 1.76. The van der Waals surface area contributed by atoms with E-state index in [0.717, 1.165) is 44.2 Å². The molecule has 0 aliphatic carbocycles. The number of fused-ring (bicyclic) bond motifs is 1. The highest BCUT2D eigenvalue weighted by molar-refractivity contribution is 14.1. The van der Waals surface area contributed by atoms with Gasteiger partial charge in [-0.1, -0.05) is 11.6 Å². The lowest BCUT2D eigenvalue weighted by atomic mass is 10.2. The van der Waals surface area contributed by atoms with Crippen LogP contribution in [0.15, 0.2) is 12.1 Å². The summed E-state index contributed by atoms with van der Waals surface area (Å²) in [7, 11) is 0. The first-order valence-electron chi connectivity index (χ1n) is 5.95. The van der Waals surface area contributed by atoms with Crippen LogP contribution >= 0.6 is 34.2 Å². The molecule has 0 amide bonds. The van der Waals surface area contributed by atoms with Crippen molar-refractivity contribution in [3.05, 3.63) is 26.5 Å². The molecule has 96 valence electrons. The van der Waals surface area contributed by atoms with Crippen LogP contribution in [0, 0.1) is 10.5 Å². The molecule has 2 rings (SSSR count). The van der Waals surface area contributed by atoms with Gasteiger partial charge in [0.05, 0.1) is 5.52 Å². The Labute approximate surface area is 126 Å². The number of nitrogens with zero attached hydrogens (tertiary/aromatic N) is 3. The minimum Gasteiger partial charge on any atom is -0.357 e. The van der Waals surface area contributed by atoms with Gasteiger partial charge in [-0.05, 0) is 55.5 Å². The summed E-state index contributed by atoms with van der Waals surface area (Å²) < 4.78 is 1.06. The minimum absolute atomic E-state index is 0.729. The summed E-state index contributed by atoms with van der Waals surface area (Å²) in [6, 6.07) is 3.88. The lowest BCUT2D eigenvalue weighted by Crippen LogP contribution is -2.23. The SMILES string of the molecule is CCN(CC)c1nc(C)nc2c(I)cc(Cl)cc12. The lowest BCUT2D eigenvalue weighted by molar-refractivity contribution is 0.842. The fourth-order valence-corrected chi connectivity index (χ4v) is 3.16. The minimum atomic E-state index is 0.729. The van der Waals surface area contributed by atoms with Gasteiger partial charge in [-0.3, -0.25) is 0 Å². The van der Waals surface area contributed by atoms with Crippen LogP contribution in [-0.2, 0) is 0 Å². The van der Waals surface area contributed by atoms with E-state index in [0.29, 0.717) is 0 Å². The van der Waals surface area contributed by atoms with Crippen molar-refractivity contribution in [3.8, 4) is 0 Å². The maximum atomic E-state index is 6.15. The second-order valence-corrected chi connectivity index (χ2v) is 5.65. The summed E-state index contributed by atoms with van der Waals surface area (Å²) in [4.78, 5) is 11.3. The predicted molar refractivity (Wildman–Crippen MR) is 85.6 cm³/mol. The normalized spacial score (nSPS) is 10.9. The van der Waals surface area contributed by atoms with Crippen LogP contribution in [-0.4, -0.2) is 23.1 Å². The molecule has 0 saturated heterocycles. The number of hydrogen-bond donors (Lipinski definition) is 0. The first kappa shape index (κ1) is 13.8. The fraction of sp³-hybridized carbons (Fsp3) is 0.385. The molecule has 1 aromatic carbocycles. The van der Waals surface area contributed by atoms with Gasteiger partial charge in [0, 0.05) is 27.1 Å². The monoisotopic (exact) mass is 375 g/mol. The van der Waals surface area contributed by atoms with Gasteiger partial charge < -0.3 is 4.90 Å². The first-order valence-corrected chi connectivity index (χ1v) is 7.40. The van der Waals surface area contributed by atoms with Crippen LogP contribution in [0.4, 0.5) is 5.82 Å². The van der Waals surface area contributed by atoms with E-state index < -0.39 is 0 Å². The van der Waals surface area contributed by atoms with Crippen LogP contribution in [0.5, 0.6) is 0 Å². The van der Waals surface area contributed by atoms with Gasteiger partial charge in [-0.15, -0.1) is 0 Å². The van der Waals surface area contributed by atoms with Gasteiger partial charge in [0.1, 0.15) is 11.6 Å². The van der Waals surface area contributed by atoms with Gasteiger partial charge in [0.25, 0.3) is 0 Å². The molecule has 0 fully saturated rings. The first-order chi connectivity index (χ1) is 8.56. The Kier molecular flexibility index (Phi) is 4.27. The zero-order chi connectivity index (χ0) is 13.3. The molecule has 0 aliphatic rings. The third kappa shape index (κ3) is 2.54. The molecule has 18 heavy (non-hydrogen) atoms. The van der Waals surface area contributed by atoms with Gasteiger partial charge in [-0.2, -0.15) is 0 Å². The molecule has 1 aromatic heterocycles. The van der Waals surface area contributed by atoms with Gasteiger partial charge in [-0.25, -0.2) is 9.97 Å². The molecule has 5 heteroatoms. The molecule has 3 nitrogen and oxygen atoms in total. The number of rotatable bonds is 3. The van der Waals surface area contributed by atoms with Crippen LogP contribution in [0.2, 0.25) is 5.02 Å². The predicted octanol–water partition coefficient (Wildman–Crippen LogP) is 4.04. The molecule has 2 aromatic rings. The van der Waals surface area contributed by atoms with Gasteiger partial charge in [0.15, 0.2) is 0 Å². The Morgan fingerprint density at radius 3 is 2.50 bits per heavy atom. The smallest absolute Gasteiger partial charge is 0.140 e. The topological polar surface area (TPSA) is 29.0 Å². The van der Waals surface area contributed by atoms with E-state index in [1.807, 2.05) is 19.1 Å². The van der Waals surface area contributed by atoms with E-state index in [9.17, 15) is 0 Å². The summed E-state index contributed by atoms with van der Waals surface area (Å²) in [6.07, 6.45) is 0. The van der Waals surface area contributed by atoms with Crippen molar-refractivity contribution < 1.29 is 0 Å². The van der Waals surface area contributed by atoms with Crippen molar-refractivity contribution in [1.82, 2.24) is 9.97 Å². The van der Waals surface area contributed by atoms with E-state index in [1.165, 1.54) is 0 Å². The molecule has 1 heterocycles. The molecular weight excluding hydrogens is 361 g/mol. The summed E-state index contributed by atoms with van der Waals surface area (Å²) in [5.41, 5.74) is 0.981. The van der Waals surface area contributed by atoms with E-state index >= 15 is 0 Å². The second-order valence-electron chi connectivity index (χ2n) is 4.05. The summed E-state index contributed by atoms with van der Waals surface area (Å²) in [5.74, 6) is 1.77. The standard InChI is InChI=1S/C13H15ClIN3/c1-4-18(5-2)13-10-6-9(14)7-11(15)12(10)16-8(3)17-13/h6-7H,4-5H2,1-3H3. The Balaban J connectivity index is 2.79. The number of halogens is 2. The summed E-state index contributed by atoms with van der Waals surface area (Å²) >= 11 is 8.42. The molecule has 0 bridgehead atoms. The lowest BCUT2D eigenvalue weighted by Gasteiger charge is -2.22. The van der Waals surface area contributed by atoms with Gasteiger partial charge in [0.2, 0.25) is 0 Å². The van der Waals surface area contributed by atoms with Crippen LogP contribution in [0.25, 0.3) is 10.9 Å². The average Bonchev–Trinajstić information content (AvgIpc) is 2.32. The number of aryl methyl sites for hydroxylation is 1. The highest BCUT2D eigenvalue weighted by Crippen LogP contribution is 2.30. The maximum Gasteiger partial charge on any atom is 0.140 e. The van der Waals surface area contributed by atoms with Crippen molar-refractivity contribution in [3.63, 3.8) is 0 Å². The largest absolute Gasteiger partial charge is 0.357 e. The highest BCUT2D eigenvalue weighted by atomic mass is 127. The van der Waals surface area contributed by atoms with E-state index in [1.54, 1.807) is 0 Å². The maximum absolute atomic E-state index is 6.15. The van der Waals surface area contributed by atoms with Crippen molar-refractivity contribution >= 4 is 50.9 Å². The Morgan fingerprint density at radius 2 is 1.89 bits per heavy atom. The molecule has 0 saturated carbocycles. The van der Waals surface area contributed by atoms with Crippen molar-refractivity contribution in [2.45, 2.75) is 20.8 Å². The Bertz CT molecular complexity index is 582. The van der Waals surface area contributed by atoms with E-state index in [2.05, 4.69) is 51.3 Å². The number of benzene rings is 1. The molecule has 0 spiro atoms. The molecule has 0 aliphatic heterocycles. The molecule has 0 atom stereocenters. The Hall–Kier alpha value is -0.620. The third-order valence-corrected chi connectivity index (χ3v) is 3.91. The number of hydrogen-bond acceptors (Lipinski definition) is 3. The van der Waals surface area contributed by atoms with E-state index in [-0.39, 0.29) is 0 Å². The summed E-state index contributed by atoms with van der Waals surface area (Å²) in [6.45, 7) is 8.03. The Morgan fingerprint density at radius 1 is 1.22 bits per heavy atom. The van der Waals surface area contributed by atoms with Crippen molar-refractivity contribution in [2.24, 2.45) is 0 Å². The van der Waals surface area contributed by atoms with Crippen molar-refractivity contribution in [2.75, 3.05) is 18.0 Å². The van der Waals surface area contributed by atoms with E-state index in [4.69, 9.17) is 11.6 Å². The molecule has 0 N–H and O–H groups in total. The fourth-order valence-electron chi connectivity index (χ4n) is 2.01.